The number of nitrogens with one attached hydrogen (secondary N) is 2. The molecule has 8 heteroatoms. The Labute approximate surface area is 143 Å². The molecular formula is C17H21F3N4O. The van der Waals surface area contributed by atoms with Crippen molar-refractivity contribution in [2.45, 2.75) is 26.4 Å². The highest BCUT2D eigenvalue weighted by Crippen LogP contribution is 2.26. The number of halogens is 3. The molecule has 1 heterocycles. The summed E-state index contributed by atoms with van der Waals surface area (Å²) in [5, 5.41) is 2.75. The number of aromatic nitrogens is 2. The molecule has 0 fully saturated rings. The highest BCUT2D eigenvalue weighted by Gasteiger charge is 2.33. The predicted molar refractivity (Wildman–Crippen MR) is 92.0 cm³/mol. The molecule has 136 valence electrons. The number of nitrogens with zero attached hydrogens (tertiary/aromatic N) is 2. The zero-order chi connectivity index (χ0) is 18.4. The van der Waals surface area contributed by atoms with Crippen molar-refractivity contribution in [3.8, 4) is 0 Å². The summed E-state index contributed by atoms with van der Waals surface area (Å²) in [5.41, 5.74) is 0.237. The Kier molecular flexibility index (Phi) is 6.06. The third-order valence-electron chi connectivity index (χ3n) is 3.68. The maximum Gasteiger partial charge on any atom is 0.433 e. The molecule has 5 nitrogen and oxygen atoms in total. The fourth-order valence-corrected chi connectivity index (χ4v) is 2.46. The van der Waals surface area contributed by atoms with E-state index in [1.165, 1.54) is 5.56 Å². The van der Waals surface area contributed by atoms with Crippen LogP contribution in [0.2, 0.25) is 0 Å². The largest absolute Gasteiger partial charge is 0.433 e. The summed E-state index contributed by atoms with van der Waals surface area (Å²) >= 11 is 0. The summed E-state index contributed by atoms with van der Waals surface area (Å²) in [4.78, 5) is 19.2. The van der Waals surface area contributed by atoms with Gasteiger partial charge in [0.15, 0.2) is 5.69 Å². The van der Waals surface area contributed by atoms with Gasteiger partial charge in [-0.25, -0.2) is 4.98 Å². The van der Waals surface area contributed by atoms with E-state index >= 15 is 0 Å². The maximum atomic E-state index is 12.7. The number of anilines is 2. The normalized spacial score (nSPS) is 11.4. The molecule has 0 bridgehead atoms. The van der Waals surface area contributed by atoms with E-state index in [2.05, 4.69) is 26.3 Å². The first-order valence-corrected chi connectivity index (χ1v) is 8.03. The Bertz CT molecular complexity index is 758. The Morgan fingerprint density at radius 1 is 1.28 bits per heavy atom. The molecule has 0 aliphatic rings. The van der Waals surface area contributed by atoms with E-state index in [1.54, 1.807) is 0 Å². The van der Waals surface area contributed by atoms with Crippen LogP contribution < -0.4 is 15.8 Å². The number of rotatable bonds is 7. The molecule has 25 heavy (non-hydrogen) atoms. The van der Waals surface area contributed by atoms with Crippen molar-refractivity contribution in [2.75, 3.05) is 29.9 Å². The molecule has 0 atom stereocenters. The number of hydrogen-bond donors (Lipinski definition) is 2. The number of alkyl halides is 3. The van der Waals surface area contributed by atoms with Gasteiger partial charge in [0, 0.05) is 31.4 Å². The van der Waals surface area contributed by atoms with Gasteiger partial charge in [-0.15, -0.1) is 0 Å². The molecule has 0 amide bonds. The van der Waals surface area contributed by atoms with Crippen LogP contribution in [0.1, 0.15) is 24.6 Å². The minimum atomic E-state index is -4.64. The highest BCUT2D eigenvalue weighted by molar-refractivity contribution is 5.48. The van der Waals surface area contributed by atoms with E-state index in [1.807, 2.05) is 32.0 Å². The fourth-order valence-electron chi connectivity index (χ4n) is 2.46. The highest BCUT2D eigenvalue weighted by atomic mass is 19.4. The zero-order valence-corrected chi connectivity index (χ0v) is 14.2. The maximum absolute atomic E-state index is 12.7. The molecule has 2 aromatic rings. The lowest BCUT2D eigenvalue weighted by molar-refractivity contribution is -0.141. The van der Waals surface area contributed by atoms with Crippen LogP contribution in [0.15, 0.2) is 35.1 Å². The number of H-pyrrole nitrogens is 1. The summed E-state index contributed by atoms with van der Waals surface area (Å²) in [5.74, 6) is -0.168. The van der Waals surface area contributed by atoms with Gasteiger partial charge in [0.1, 0.15) is 0 Å². The SMILES string of the molecule is CCN(CCCNc1nc(C(F)(F)F)cc(=O)[nH]1)c1cccc(C)c1. The lowest BCUT2D eigenvalue weighted by Gasteiger charge is -2.23. The van der Waals surface area contributed by atoms with Gasteiger partial charge in [-0.1, -0.05) is 12.1 Å². The van der Waals surface area contributed by atoms with Gasteiger partial charge in [0.2, 0.25) is 5.95 Å². The van der Waals surface area contributed by atoms with E-state index in [0.717, 1.165) is 18.8 Å². The second-order valence-electron chi connectivity index (χ2n) is 5.68. The van der Waals surface area contributed by atoms with Crippen molar-refractivity contribution in [3.63, 3.8) is 0 Å². The molecule has 1 aromatic heterocycles. The molecule has 0 saturated carbocycles. The molecule has 0 spiro atoms. The quantitative estimate of drug-likeness (QED) is 0.748. The fraction of sp³-hybridized carbons (Fsp3) is 0.412. The van der Waals surface area contributed by atoms with Crippen LogP contribution in [-0.4, -0.2) is 29.6 Å². The zero-order valence-electron chi connectivity index (χ0n) is 14.2. The summed E-state index contributed by atoms with van der Waals surface area (Å²) in [6, 6.07) is 8.57. The van der Waals surface area contributed by atoms with Gasteiger partial charge in [-0.3, -0.25) is 9.78 Å². The molecule has 0 radical (unpaired) electrons. The third kappa shape index (κ3) is 5.51. The van der Waals surface area contributed by atoms with Crippen molar-refractivity contribution >= 4 is 11.6 Å². The summed E-state index contributed by atoms with van der Waals surface area (Å²) in [6.07, 6.45) is -3.96. The third-order valence-corrected chi connectivity index (χ3v) is 3.68. The Hall–Kier alpha value is -2.51. The van der Waals surface area contributed by atoms with E-state index in [-0.39, 0.29) is 5.95 Å². The standard InChI is InChI=1S/C17H21F3N4O/c1-3-24(13-7-4-6-12(2)10-13)9-5-8-21-16-22-14(17(18,19)20)11-15(25)23-16/h4,6-7,10-11H,3,5,8-9H2,1-2H3,(H2,21,22,23,25). The average Bonchev–Trinajstić information content (AvgIpc) is 2.53. The second kappa shape index (κ2) is 8.04. The molecule has 2 rings (SSSR count). The Morgan fingerprint density at radius 3 is 2.68 bits per heavy atom. The number of benzene rings is 1. The molecule has 0 unspecified atom stereocenters. The minimum absolute atomic E-state index is 0.168. The van der Waals surface area contributed by atoms with Gasteiger partial charge in [0.05, 0.1) is 0 Å². The monoisotopic (exact) mass is 354 g/mol. The van der Waals surface area contributed by atoms with Gasteiger partial charge in [-0.2, -0.15) is 13.2 Å². The molecule has 1 aromatic carbocycles. The average molecular weight is 354 g/mol. The number of aryl methyl sites for hydroxylation is 1. The van der Waals surface area contributed by atoms with Gasteiger partial charge >= 0.3 is 6.18 Å². The summed E-state index contributed by atoms with van der Waals surface area (Å²) < 4.78 is 38.0. The van der Waals surface area contributed by atoms with Crippen LogP contribution in [0.4, 0.5) is 24.8 Å². The summed E-state index contributed by atoms with van der Waals surface area (Å²) in [7, 11) is 0. The lowest BCUT2D eigenvalue weighted by atomic mass is 10.2. The van der Waals surface area contributed by atoms with Crippen LogP contribution in [-0.2, 0) is 6.18 Å². The number of aromatic amines is 1. The van der Waals surface area contributed by atoms with Crippen molar-refractivity contribution in [2.24, 2.45) is 0 Å². The van der Waals surface area contributed by atoms with E-state index in [4.69, 9.17) is 0 Å². The second-order valence-corrected chi connectivity index (χ2v) is 5.68. The van der Waals surface area contributed by atoms with Gasteiger partial charge in [-0.05, 0) is 38.0 Å². The van der Waals surface area contributed by atoms with Crippen LogP contribution in [0.25, 0.3) is 0 Å². The smallest absolute Gasteiger partial charge is 0.372 e. The Morgan fingerprint density at radius 2 is 2.04 bits per heavy atom. The van der Waals surface area contributed by atoms with Crippen molar-refractivity contribution in [3.05, 3.63) is 51.9 Å². The van der Waals surface area contributed by atoms with Crippen molar-refractivity contribution in [1.29, 1.82) is 0 Å². The predicted octanol–water partition coefficient (Wildman–Crippen LogP) is 3.43. The van der Waals surface area contributed by atoms with Crippen molar-refractivity contribution < 1.29 is 13.2 Å². The first-order chi connectivity index (χ1) is 11.8. The van der Waals surface area contributed by atoms with Crippen LogP contribution in [0, 0.1) is 6.92 Å². The van der Waals surface area contributed by atoms with Crippen LogP contribution >= 0.6 is 0 Å². The molecular weight excluding hydrogens is 333 g/mol. The molecule has 0 saturated heterocycles. The minimum Gasteiger partial charge on any atom is -0.372 e. The molecule has 0 aliphatic carbocycles. The summed E-state index contributed by atoms with van der Waals surface area (Å²) in [6.45, 7) is 6.01. The van der Waals surface area contributed by atoms with E-state index < -0.39 is 17.4 Å². The first-order valence-electron chi connectivity index (χ1n) is 8.03. The van der Waals surface area contributed by atoms with E-state index in [0.29, 0.717) is 19.0 Å². The topological polar surface area (TPSA) is 61.0 Å². The molecule has 0 aliphatic heterocycles. The first kappa shape index (κ1) is 18.8. The van der Waals surface area contributed by atoms with Gasteiger partial charge < -0.3 is 10.2 Å². The van der Waals surface area contributed by atoms with Crippen LogP contribution in [0.5, 0.6) is 0 Å². The van der Waals surface area contributed by atoms with Gasteiger partial charge in [0.25, 0.3) is 5.56 Å². The van der Waals surface area contributed by atoms with Crippen molar-refractivity contribution in [1.82, 2.24) is 9.97 Å². The van der Waals surface area contributed by atoms with Crippen LogP contribution in [0.3, 0.4) is 0 Å². The Balaban J connectivity index is 1.92. The number of hydrogen-bond acceptors (Lipinski definition) is 4. The van der Waals surface area contributed by atoms with E-state index in [9.17, 15) is 18.0 Å². The molecule has 2 N–H and O–H groups in total. The lowest BCUT2D eigenvalue weighted by Crippen LogP contribution is -2.26.